The van der Waals surface area contributed by atoms with E-state index < -0.39 is 5.60 Å². The van der Waals surface area contributed by atoms with E-state index in [1.807, 2.05) is 44.3 Å². The Morgan fingerprint density at radius 1 is 0.929 bits per heavy atom. The van der Waals surface area contributed by atoms with Crippen molar-refractivity contribution in [2.45, 2.75) is 52.7 Å². The molecule has 0 aliphatic heterocycles. The van der Waals surface area contributed by atoms with Gasteiger partial charge in [0.05, 0.1) is 23.8 Å². The molecule has 0 spiro atoms. The molecule has 220 valence electrons. The van der Waals surface area contributed by atoms with Crippen LogP contribution < -0.4 is 14.8 Å². The van der Waals surface area contributed by atoms with E-state index in [9.17, 15) is 9.59 Å². The molecule has 0 aliphatic carbocycles. The molecule has 1 N–H and O–H groups in total. The molecule has 0 saturated heterocycles. The highest BCUT2D eigenvalue weighted by Crippen LogP contribution is 2.35. The fourth-order valence-corrected chi connectivity index (χ4v) is 4.49. The smallest absolute Gasteiger partial charge is 0.308 e. The normalized spacial score (nSPS) is 11.3. The van der Waals surface area contributed by atoms with Crippen LogP contribution in [0, 0.1) is 0 Å². The number of halogens is 2. The zero-order chi connectivity index (χ0) is 30.4. The van der Waals surface area contributed by atoms with E-state index in [1.54, 1.807) is 67.9 Å². The summed E-state index contributed by atoms with van der Waals surface area (Å²) in [5, 5.41) is 8.36. The summed E-state index contributed by atoms with van der Waals surface area (Å²) in [4.78, 5) is 24.5. The maximum absolute atomic E-state index is 12.6. The quantitative estimate of drug-likeness (QED) is 0.184. The van der Waals surface area contributed by atoms with Gasteiger partial charge in [0.2, 0.25) is 5.88 Å². The van der Waals surface area contributed by atoms with Crippen molar-refractivity contribution in [2.75, 3.05) is 6.54 Å². The molecule has 3 aromatic carbocycles. The third-order valence-electron chi connectivity index (χ3n) is 5.70. The molecule has 42 heavy (non-hydrogen) atoms. The fourth-order valence-electron chi connectivity index (χ4n) is 3.98. The molecule has 0 bridgehead atoms. The van der Waals surface area contributed by atoms with Crippen LogP contribution in [0.5, 0.6) is 17.4 Å². The van der Waals surface area contributed by atoms with Crippen LogP contribution in [0.15, 0.2) is 72.9 Å². The first-order chi connectivity index (χ1) is 19.9. The van der Waals surface area contributed by atoms with Crippen molar-refractivity contribution in [1.29, 1.82) is 0 Å². The fraction of sp³-hybridized carbons (Fsp3) is 0.281. The SMILES string of the molecule is CC(C)Oc1ccc(-c2cn(-c3cc(Cl)cc(Cl)c3)nc2Oc2ccc(C(=O)NCCC(=O)OC(C)(C)C)cc2)cc1. The lowest BCUT2D eigenvalue weighted by Gasteiger charge is -2.19. The molecular formula is C32H33Cl2N3O5. The van der Waals surface area contributed by atoms with Crippen LogP contribution in [0.1, 0.15) is 51.4 Å². The van der Waals surface area contributed by atoms with Crippen LogP contribution in [-0.2, 0) is 9.53 Å². The second kappa shape index (κ2) is 13.3. The van der Waals surface area contributed by atoms with Crippen LogP contribution in [-0.4, -0.2) is 39.9 Å². The average molecular weight is 611 g/mol. The Morgan fingerprint density at radius 2 is 1.55 bits per heavy atom. The molecule has 0 saturated carbocycles. The molecular weight excluding hydrogens is 577 g/mol. The molecule has 8 nitrogen and oxygen atoms in total. The highest BCUT2D eigenvalue weighted by atomic mass is 35.5. The summed E-state index contributed by atoms with van der Waals surface area (Å²) in [7, 11) is 0. The Hall–Kier alpha value is -4.01. The molecule has 1 aromatic heterocycles. The first kappa shape index (κ1) is 30.9. The molecule has 1 amide bonds. The highest BCUT2D eigenvalue weighted by Gasteiger charge is 2.18. The van der Waals surface area contributed by atoms with Crippen molar-refractivity contribution in [3.8, 4) is 34.2 Å². The number of nitrogens with zero attached hydrogens (tertiary/aromatic N) is 2. The van der Waals surface area contributed by atoms with Crippen LogP contribution in [0.3, 0.4) is 0 Å². The van der Waals surface area contributed by atoms with Crippen molar-refractivity contribution in [1.82, 2.24) is 15.1 Å². The van der Waals surface area contributed by atoms with E-state index in [0.717, 1.165) is 16.9 Å². The monoisotopic (exact) mass is 609 g/mol. The van der Waals surface area contributed by atoms with Gasteiger partial charge < -0.3 is 19.5 Å². The molecule has 0 atom stereocenters. The number of rotatable bonds is 10. The van der Waals surface area contributed by atoms with Gasteiger partial charge in [-0.05, 0) is 94.8 Å². The minimum atomic E-state index is -0.570. The number of ether oxygens (including phenoxy) is 3. The maximum Gasteiger partial charge on any atom is 0.308 e. The Morgan fingerprint density at radius 3 is 2.14 bits per heavy atom. The molecule has 10 heteroatoms. The van der Waals surface area contributed by atoms with E-state index in [4.69, 9.17) is 37.4 Å². The van der Waals surface area contributed by atoms with Crippen LogP contribution in [0.25, 0.3) is 16.8 Å². The predicted octanol–water partition coefficient (Wildman–Crippen LogP) is 7.89. The van der Waals surface area contributed by atoms with Gasteiger partial charge in [0, 0.05) is 28.4 Å². The number of benzene rings is 3. The van der Waals surface area contributed by atoms with Gasteiger partial charge in [-0.1, -0.05) is 35.3 Å². The predicted molar refractivity (Wildman–Crippen MR) is 164 cm³/mol. The number of aromatic nitrogens is 2. The maximum atomic E-state index is 12.6. The second-order valence-electron chi connectivity index (χ2n) is 10.8. The van der Waals surface area contributed by atoms with Crippen molar-refractivity contribution >= 4 is 35.1 Å². The number of esters is 1. The van der Waals surface area contributed by atoms with E-state index in [2.05, 4.69) is 10.4 Å². The molecule has 0 radical (unpaired) electrons. The standard InChI is InChI=1S/C32H33Cl2N3O5/c1-20(2)40-26-10-6-21(7-11-26)28-19-37(25-17-23(33)16-24(34)18-25)36-31(28)41-27-12-8-22(9-13-27)30(39)35-15-14-29(38)42-32(3,4)5/h6-13,16-20H,14-15H2,1-5H3,(H,35,39). The largest absolute Gasteiger partial charge is 0.491 e. The van der Waals surface area contributed by atoms with Gasteiger partial charge in [-0.15, -0.1) is 5.10 Å². The number of hydrogen-bond acceptors (Lipinski definition) is 6. The number of carbonyl (C=O) groups excluding carboxylic acids is 2. The molecule has 4 aromatic rings. The summed E-state index contributed by atoms with van der Waals surface area (Å²) in [5.41, 5.74) is 2.11. The first-order valence-corrected chi connectivity index (χ1v) is 14.2. The summed E-state index contributed by atoms with van der Waals surface area (Å²) < 4.78 is 18.9. The molecule has 0 aliphatic rings. The highest BCUT2D eigenvalue weighted by molar-refractivity contribution is 6.34. The minimum absolute atomic E-state index is 0.0556. The topological polar surface area (TPSA) is 91.7 Å². The zero-order valence-electron chi connectivity index (χ0n) is 24.1. The average Bonchev–Trinajstić information content (AvgIpc) is 3.31. The van der Waals surface area contributed by atoms with Crippen molar-refractivity contribution in [2.24, 2.45) is 0 Å². The summed E-state index contributed by atoms with van der Waals surface area (Å²) in [5.74, 6) is 0.902. The van der Waals surface area contributed by atoms with Gasteiger partial charge >= 0.3 is 5.97 Å². The minimum Gasteiger partial charge on any atom is -0.491 e. The Kier molecular flexibility index (Phi) is 9.81. The lowest BCUT2D eigenvalue weighted by Crippen LogP contribution is -2.29. The summed E-state index contributed by atoms with van der Waals surface area (Å²) in [6, 6.07) is 19.5. The lowest BCUT2D eigenvalue weighted by atomic mass is 10.1. The zero-order valence-corrected chi connectivity index (χ0v) is 25.6. The van der Waals surface area contributed by atoms with Crippen molar-refractivity contribution in [3.63, 3.8) is 0 Å². The first-order valence-electron chi connectivity index (χ1n) is 13.5. The van der Waals surface area contributed by atoms with Crippen LogP contribution in [0.2, 0.25) is 10.0 Å². The molecule has 0 unspecified atom stereocenters. The van der Waals surface area contributed by atoms with Gasteiger partial charge in [-0.3, -0.25) is 9.59 Å². The Labute approximate surface area is 255 Å². The third-order valence-corrected chi connectivity index (χ3v) is 6.13. The van der Waals surface area contributed by atoms with Gasteiger partial charge in [-0.2, -0.15) is 0 Å². The van der Waals surface area contributed by atoms with Crippen LogP contribution in [0.4, 0.5) is 0 Å². The van der Waals surface area contributed by atoms with E-state index >= 15 is 0 Å². The van der Waals surface area contributed by atoms with E-state index in [0.29, 0.717) is 32.9 Å². The van der Waals surface area contributed by atoms with Gasteiger partial charge in [0.25, 0.3) is 5.91 Å². The Bertz CT molecular complexity index is 1520. The summed E-state index contributed by atoms with van der Waals surface area (Å²) in [6.07, 6.45) is 1.97. The van der Waals surface area contributed by atoms with Gasteiger partial charge in [-0.25, -0.2) is 4.68 Å². The van der Waals surface area contributed by atoms with E-state index in [-0.39, 0.29) is 30.9 Å². The third kappa shape index (κ3) is 8.74. The number of carbonyl (C=O) groups is 2. The van der Waals surface area contributed by atoms with Gasteiger partial charge in [0.1, 0.15) is 17.1 Å². The Balaban J connectivity index is 1.52. The van der Waals surface area contributed by atoms with Crippen molar-refractivity contribution < 1.29 is 23.8 Å². The summed E-state index contributed by atoms with van der Waals surface area (Å²) >= 11 is 12.5. The number of amides is 1. The molecule has 4 rings (SSSR count). The number of hydrogen-bond donors (Lipinski definition) is 1. The number of nitrogens with one attached hydrogen (secondary N) is 1. The lowest BCUT2D eigenvalue weighted by molar-refractivity contribution is -0.154. The second-order valence-corrected chi connectivity index (χ2v) is 11.7. The van der Waals surface area contributed by atoms with E-state index in [1.165, 1.54) is 0 Å². The molecule has 0 fully saturated rings. The van der Waals surface area contributed by atoms with Crippen molar-refractivity contribution in [3.05, 3.63) is 88.5 Å². The summed E-state index contributed by atoms with van der Waals surface area (Å²) in [6.45, 7) is 9.50. The molecule has 1 heterocycles. The van der Waals surface area contributed by atoms with Gasteiger partial charge in [0.15, 0.2) is 0 Å². The van der Waals surface area contributed by atoms with Crippen LogP contribution >= 0.6 is 23.2 Å².